The molecular weight excluding hydrogens is 480 g/mol. The molecular formula is C31H36N2O3S. The van der Waals surface area contributed by atoms with Crippen LogP contribution in [0.25, 0.3) is 0 Å². The van der Waals surface area contributed by atoms with Gasteiger partial charge in [-0.1, -0.05) is 48.7 Å². The summed E-state index contributed by atoms with van der Waals surface area (Å²) in [5.41, 5.74) is 5.08. The standard InChI is InChI=1S/C31H36N2O3S/c1-3-32-29(35)33-16-4-5-20-6-8-21(9-7-20)26-18-30(2)27(14-15-31(30,36)19-37)25-12-10-22-17-23(34)11-13-24(22)28(25)26/h6-9,17,19,25-27,36H,3,10-16,18H2,1-2H3,(H2,32,33,35). The molecule has 1 aromatic carbocycles. The van der Waals surface area contributed by atoms with Gasteiger partial charge in [-0.2, -0.15) is 0 Å². The molecule has 0 heterocycles. The van der Waals surface area contributed by atoms with Crippen molar-refractivity contribution in [1.82, 2.24) is 10.6 Å². The first kappa shape index (κ1) is 25.9. The van der Waals surface area contributed by atoms with Crippen LogP contribution in [0.5, 0.6) is 0 Å². The minimum Gasteiger partial charge on any atom is -0.384 e. The summed E-state index contributed by atoms with van der Waals surface area (Å²) in [6.07, 6.45) is 7.85. The second kappa shape index (κ2) is 10.2. The highest BCUT2D eigenvalue weighted by molar-refractivity contribution is 7.79. The maximum absolute atomic E-state index is 12.2. The predicted octanol–water partition coefficient (Wildman–Crippen LogP) is 4.99. The number of nitrogens with one attached hydrogen (secondary N) is 2. The second-order valence-corrected chi connectivity index (χ2v) is 11.4. The van der Waals surface area contributed by atoms with E-state index < -0.39 is 5.60 Å². The Labute approximate surface area is 225 Å². The Balaban J connectivity index is 1.48. The van der Waals surface area contributed by atoms with Crippen molar-refractivity contribution in [1.29, 1.82) is 0 Å². The summed E-state index contributed by atoms with van der Waals surface area (Å²) in [6, 6.07) is 8.21. The van der Waals surface area contributed by atoms with Gasteiger partial charge in [-0.3, -0.25) is 4.79 Å². The van der Waals surface area contributed by atoms with Gasteiger partial charge in [0.05, 0.1) is 12.1 Å². The Hall–Kier alpha value is -2.75. The molecule has 37 heavy (non-hydrogen) atoms. The zero-order valence-electron chi connectivity index (χ0n) is 21.7. The third-order valence-electron chi connectivity index (χ3n) is 9.37. The molecule has 4 aliphatic carbocycles. The van der Waals surface area contributed by atoms with E-state index >= 15 is 0 Å². The van der Waals surface area contributed by atoms with Gasteiger partial charge in [0.2, 0.25) is 0 Å². The van der Waals surface area contributed by atoms with Crippen molar-refractivity contribution in [3.63, 3.8) is 0 Å². The third-order valence-corrected chi connectivity index (χ3v) is 9.76. The average molecular weight is 517 g/mol. The number of urea groups is 1. The molecule has 5 unspecified atom stereocenters. The average Bonchev–Trinajstić information content (AvgIpc) is 3.17. The molecule has 0 saturated heterocycles. The van der Waals surface area contributed by atoms with Crippen LogP contribution in [0, 0.1) is 29.1 Å². The van der Waals surface area contributed by atoms with Crippen molar-refractivity contribution in [3.05, 3.63) is 58.2 Å². The third kappa shape index (κ3) is 4.57. The van der Waals surface area contributed by atoms with E-state index in [2.05, 4.69) is 41.5 Å². The molecule has 5 nitrogen and oxygen atoms in total. The molecule has 5 rings (SSSR count). The molecule has 3 N–H and O–H groups in total. The van der Waals surface area contributed by atoms with Crippen LogP contribution in [-0.4, -0.2) is 41.0 Å². The van der Waals surface area contributed by atoms with E-state index in [0.717, 1.165) is 44.1 Å². The highest BCUT2D eigenvalue weighted by Gasteiger charge is 2.62. The Morgan fingerprint density at radius 2 is 1.97 bits per heavy atom. The van der Waals surface area contributed by atoms with Gasteiger partial charge >= 0.3 is 6.03 Å². The van der Waals surface area contributed by atoms with Crippen LogP contribution in [0.1, 0.15) is 75.8 Å². The van der Waals surface area contributed by atoms with Crippen molar-refractivity contribution >= 4 is 29.4 Å². The normalized spacial score (nSPS) is 32.2. The Morgan fingerprint density at radius 3 is 2.70 bits per heavy atom. The number of hydrogen-bond acceptors (Lipinski definition) is 4. The molecule has 0 aromatic heterocycles. The fourth-order valence-corrected chi connectivity index (χ4v) is 7.87. The molecule has 6 heteroatoms. The largest absolute Gasteiger partial charge is 0.384 e. The molecule has 0 bridgehead atoms. The van der Waals surface area contributed by atoms with Gasteiger partial charge in [0.25, 0.3) is 0 Å². The van der Waals surface area contributed by atoms with E-state index in [1.54, 1.807) is 5.37 Å². The van der Waals surface area contributed by atoms with Crippen molar-refractivity contribution in [2.45, 2.75) is 70.3 Å². The zero-order valence-corrected chi connectivity index (χ0v) is 22.5. The van der Waals surface area contributed by atoms with E-state index in [9.17, 15) is 14.7 Å². The van der Waals surface area contributed by atoms with Crippen LogP contribution in [0.4, 0.5) is 4.79 Å². The number of rotatable bonds is 4. The first-order valence-corrected chi connectivity index (χ1v) is 14.0. The molecule has 0 aliphatic heterocycles. The maximum atomic E-state index is 12.2. The predicted molar refractivity (Wildman–Crippen MR) is 149 cm³/mol. The highest BCUT2D eigenvalue weighted by Crippen LogP contribution is 2.66. The molecule has 0 radical (unpaired) electrons. The van der Waals surface area contributed by atoms with Gasteiger partial charge in [-0.25, -0.2) is 4.79 Å². The van der Waals surface area contributed by atoms with E-state index in [1.807, 2.05) is 25.1 Å². The molecule has 2 saturated carbocycles. The monoisotopic (exact) mass is 516 g/mol. The van der Waals surface area contributed by atoms with Gasteiger partial charge in [0.1, 0.15) is 0 Å². The Morgan fingerprint density at radius 1 is 1.19 bits per heavy atom. The topological polar surface area (TPSA) is 78.4 Å². The number of thiocarbonyl (C=S) groups is 1. The molecule has 194 valence electrons. The number of amides is 2. The van der Waals surface area contributed by atoms with Gasteiger partial charge in [0.15, 0.2) is 5.78 Å². The summed E-state index contributed by atoms with van der Waals surface area (Å²) in [5, 5.41) is 18.7. The van der Waals surface area contributed by atoms with Crippen molar-refractivity contribution in [2.24, 2.45) is 17.3 Å². The molecule has 1 aromatic rings. The molecule has 2 amide bonds. The summed E-state index contributed by atoms with van der Waals surface area (Å²) >= 11 is 5.39. The first-order valence-electron chi connectivity index (χ1n) is 13.6. The fraction of sp³-hybridized carbons (Fsp3) is 0.516. The lowest BCUT2D eigenvalue weighted by Gasteiger charge is -2.54. The first-order chi connectivity index (χ1) is 17.8. The lowest BCUT2D eigenvalue weighted by molar-refractivity contribution is -0.114. The van der Waals surface area contributed by atoms with Crippen LogP contribution in [-0.2, 0) is 4.79 Å². The maximum Gasteiger partial charge on any atom is 0.315 e. The van der Waals surface area contributed by atoms with Gasteiger partial charge in [-0.05, 0) is 92.2 Å². The Kier molecular flexibility index (Phi) is 7.13. The van der Waals surface area contributed by atoms with Crippen molar-refractivity contribution in [3.8, 4) is 11.8 Å². The zero-order chi connectivity index (χ0) is 26.2. The lowest BCUT2D eigenvalue weighted by Crippen LogP contribution is -2.52. The smallest absolute Gasteiger partial charge is 0.315 e. The molecule has 0 spiro atoms. The number of fused-ring (bicyclic) bond motifs is 4. The lowest BCUT2D eigenvalue weighted by atomic mass is 9.51. The number of hydrogen-bond donors (Lipinski definition) is 3. The number of carbonyl (C=O) groups is 2. The van der Waals surface area contributed by atoms with Gasteiger partial charge < -0.3 is 15.7 Å². The molecule has 2 fully saturated rings. The van der Waals surface area contributed by atoms with E-state index in [1.165, 1.54) is 22.3 Å². The van der Waals surface area contributed by atoms with E-state index in [0.29, 0.717) is 24.8 Å². The van der Waals surface area contributed by atoms with Crippen LogP contribution >= 0.6 is 12.2 Å². The van der Waals surface area contributed by atoms with Crippen LogP contribution in [0.3, 0.4) is 0 Å². The number of ketones is 1. The summed E-state index contributed by atoms with van der Waals surface area (Å²) in [6.45, 7) is 4.99. The summed E-state index contributed by atoms with van der Waals surface area (Å²) in [7, 11) is 0. The fourth-order valence-electron chi connectivity index (χ4n) is 7.48. The Bertz CT molecular complexity index is 1240. The highest BCUT2D eigenvalue weighted by atomic mass is 32.1. The SMILES string of the molecule is CCNC(=O)NCC#Cc1ccc(C2CC3(C)C(CCC3(O)C=S)C3CCC4=CC(=O)CCC4=C23)cc1. The van der Waals surface area contributed by atoms with Crippen LogP contribution in [0.15, 0.2) is 47.1 Å². The van der Waals surface area contributed by atoms with Crippen molar-refractivity contribution in [2.75, 3.05) is 13.1 Å². The second-order valence-electron chi connectivity index (χ2n) is 11.2. The van der Waals surface area contributed by atoms with Gasteiger partial charge in [0, 0.05) is 35.2 Å². The number of carbonyl (C=O) groups excluding carboxylic acids is 2. The summed E-state index contributed by atoms with van der Waals surface area (Å²) < 4.78 is 0. The molecule has 5 atom stereocenters. The quantitative estimate of drug-likeness (QED) is 0.389. The summed E-state index contributed by atoms with van der Waals surface area (Å²) in [4.78, 5) is 23.8. The van der Waals surface area contributed by atoms with E-state index in [-0.39, 0.29) is 29.7 Å². The number of allylic oxidation sites excluding steroid dienone is 4. The van der Waals surface area contributed by atoms with E-state index in [4.69, 9.17) is 12.2 Å². The van der Waals surface area contributed by atoms with Crippen LogP contribution in [0.2, 0.25) is 0 Å². The van der Waals surface area contributed by atoms with Gasteiger partial charge in [-0.15, -0.1) is 0 Å². The van der Waals surface area contributed by atoms with Crippen molar-refractivity contribution < 1.29 is 14.7 Å². The minimum atomic E-state index is -0.928. The number of benzene rings is 1. The van der Waals surface area contributed by atoms with Crippen LogP contribution < -0.4 is 10.6 Å². The number of aliphatic hydroxyl groups is 1. The molecule has 4 aliphatic rings. The minimum absolute atomic E-state index is 0.180. The summed E-state index contributed by atoms with van der Waals surface area (Å²) in [5.74, 6) is 7.38.